The summed E-state index contributed by atoms with van der Waals surface area (Å²) in [6, 6.07) is 24.1. The molecule has 1 amide bonds. The van der Waals surface area contributed by atoms with Crippen LogP contribution in [0.4, 0.5) is 10.1 Å². The van der Waals surface area contributed by atoms with E-state index >= 15 is 0 Å². The number of imidazole rings is 1. The average molecular weight is 429 g/mol. The molecule has 5 rings (SSSR count). The van der Waals surface area contributed by atoms with E-state index in [4.69, 9.17) is 4.98 Å². The van der Waals surface area contributed by atoms with Gasteiger partial charge in [0, 0.05) is 17.9 Å². The number of nitrogens with zero attached hydrogens (tertiary/aromatic N) is 3. The lowest BCUT2D eigenvalue weighted by Crippen LogP contribution is -2.40. The first kappa shape index (κ1) is 20.4. The fourth-order valence-electron chi connectivity index (χ4n) is 4.44. The summed E-state index contributed by atoms with van der Waals surface area (Å²) in [6.07, 6.45) is 1.84. The van der Waals surface area contributed by atoms with Gasteiger partial charge in [0.25, 0.3) is 0 Å². The van der Waals surface area contributed by atoms with Crippen LogP contribution in [0.2, 0.25) is 0 Å². The molecule has 1 fully saturated rings. The summed E-state index contributed by atoms with van der Waals surface area (Å²) in [4.78, 5) is 20.0. The van der Waals surface area contributed by atoms with E-state index in [9.17, 15) is 9.18 Å². The lowest BCUT2D eigenvalue weighted by atomic mass is 9.97. The fraction of sp³-hybridized carbons (Fsp3) is 0.231. The summed E-state index contributed by atoms with van der Waals surface area (Å²) in [6.45, 7) is 2.23. The Morgan fingerprint density at radius 1 is 1.00 bits per heavy atom. The zero-order valence-corrected chi connectivity index (χ0v) is 17.7. The minimum absolute atomic E-state index is 0.0624. The number of para-hydroxylation sites is 3. The molecule has 1 atom stereocenters. The normalized spacial score (nSPS) is 16.8. The number of rotatable bonds is 5. The number of anilines is 1. The van der Waals surface area contributed by atoms with Gasteiger partial charge in [-0.3, -0.25) is 14.3 Å². The van der Waals surface area contributed by atoms with Gasteiger partial charge in [-0.25, -0.2) is 9.37 Å². The number of aromatic nitrogens is 2. The number of carbonyl (C=O) groups is 1. The van der Waals surface area contributed by atoms with Crippen LogP contribution in [0.1, 0.15) is 18.7 Å². The van der Waals surface area contributed by atoms with Crippen LogP contribution in [-0.4, -0.2) is 33.4 Å². The quantitative estimate of drug-likeness (QED) is 0.486. The van der Waals surface area contributed by atoms with E-state index in [1.807, 2.05) is 54.6 Å². The predicted molar refractivity (Wildman–Crippen MR) is 124 cm³/mol. The molecule has 4 aromatic rings. The standard InChI is InChI=1S/C26H25FN4O/c27-20-12-14-22(15-13-20)31-24-11-5-4-10-23(24)29-25(31)18-30-16-6-7-19(17-30)26(32)28-21-8-2-1-3-9-21/h1-5,8-15,19H,6-7,16-18H2,(H,28,32)/t19-/m1/s1. The number of benzene rings is 3. The van der Waals surface area contributed by atoms with Gasteiger partial charge in [-0.05, 0) is 67.9 Å². The van der Waals surface area contributed by atoms with E-state index in [1.165, 1.54) is 12.1 Å². The highest BCUT2D eigenvalue weighted by Gasteiger charge is 2.27. The lowest BCUT2D eigenvalue weighted by Gasteiger charge is -2.31. The second-order valence-corrected chi connectivity index (χ2v) is 8.26. The van der Waals surface area contributed by atoms with E-state index < -0.39 is 0 Å². The molecule has 2 heterocycles. The maximum atomic E-state index is 13.5. The highest BCUT2D eigenvalue weighted by molar-refractivity contribution is 5.92. The minimum atomic E-state index is -0.261. The summed E-state index contributed by atoms with van der Waals surface area (Å²) in [5.74, 6) is 0.630. The van der Waals surface area contributed by atoms with Crippen LogP contribution in [0.3, 0.4) is 0 Å². The lowest BCUT2D eigenvalue weighted by molar-refractivity contribution is -0.121. The molecule has 5 nitrogen and oxygen atoms in total. The van der Waals surface area contributed by atoms with E-state index in [1.54, 1.807) is 12.1 Å². The second-order valence-electron chi connectivity index (χ2n) is 8.26. The first-order valence-electron chi connectivity index (χ1n) is 11.0. The number of piperidine rings is 1. The third-order valence-corrected chi connectivity index (χ3v) is 6.00. The molecule has 162 valence electrons. The Balaban J connectivity index is 1.37. The minimum Gasteiger partial charge on any atom is -0.326 e. The smallest absolute Gasteiger partial charge is 0.228 e. The van der Waals surface area contributed by atoms with Gasteiger partial charge in [-0.15, -0.1) is 0 Å². The van der Waals surface area contributed by atoms with Crippen molar-refractivity contribution in [1.29, 1.82) is 0 Å². The maximum absolute atomic E-state index is 13.5. The third kappa shape index (κ3) is 4.27. The van der Waals surface area contributed by atoms with Crippen molar-refractivity contribution >= 4 is 22.6 Å². The number of likely N-dealkylation sites (tertiary alicyclic amines) is 1. The molecule has 0 spiro atoms. The van der Waals surface area contributed by atoms with Crippen molar-refractivity contribution in [2.75, 3.05) is 18.4 Å². The molecular formula is C26H25FN4O. The Morgan fingerprint density at radius 2 is 1.75 bits per heavy atom. The second kappa shape index (κ2) is 8.93. The van der Waals surface area contributed by atoms with Gasteiger partial charge in [-0.1, -0.05) is 30.3 Å². The molecule has 0 saturated carbocycles. The highest BCUT2D eigenvalue weighted by atomic mass is 19.1. The number of nitrogens with one attached hydrogen (secondary N) is 1. The average Bonchev–Trinajstić information content (AvgIpc) is 3.18. The van der Waals surface area contributed by atoms with E-state index in [0.717, 1.165) is 47.6 Å². The Labute approximate surface area is 186 Å². The predicted octanol–water partition coefficient (Wildman–Crippen LogP) is 5.02. The molecule has 0 unspecified atom stereocenters. The van der Waals surface area contributed by atoms with Crippen molar-refractivity contribution < 1.29 is 9.18 Å². The molecule has 0 aliphatic carbocycles. The van der Waals surface area contributed by atoms with Crippen LogP contribution in [0.25, 0.3) is 16.7 Å². The third-order valence-electron chi connectivity index (χ3n) is 6.00. The van der Waals surface area contributed by atoms with Crippen LogP contribution < -0.4 is 5.32 Å². The van der Waals surface area contributed by atoms with E-state index in [-0.39, 0.29) is 17.6 Å². The number of halogens is 1. The van der Waals surface area contributed by atoms with Crippen molar-refractivity contribution in [3.8, 4) is 5.69 Å². The van der Waals surface area contributed by atoms with Crippen molar-refractivity contribution in [3.05, 3.63) is 90.5 Å². The molecule has 1 aromatic heterocycles. The summed E-state index contributed by atoms with van der Waals surface area (Å²) in [5.41, 5.74) is 3.60. The highest BCUT2D eigenvalue weighted by Crippen LogP contribution is 2.25. The maximum Gasteiger partial charge on any atom is 0.228 e. The van der Waals surface area contributed by atoms with Crippen LogP contribution in [-0.2, 0) is 11.3 Å². The van der Waals surface area contributed by atoms with Crippen LogP contribution in [0.5, 0.6) is 0 Å². The largest absolute Gasteiger partial charge is 0.326 e. The van der Waals surface area contributed by atoms with Crippen molar-refractivity contribution in [3.63, 3.8) is 0 Å². The molecule has 3 aromatic carbocycles. The Kier molecular flexibility index (Phi) is 5.69. The van der Waals surface area contributed by atoms with E-state index in [2.05, 4.69) is 14.8 Å². The van der Waals surface area contributed by atoms with Crippen LogP contribution >= 0.6 is 0 Å². The molecule has 1 saturated heterocycles. The monoisotopic (exact) mass is 428 g/mol. The van der Waals surface area contributed by atoms with Gasteiger partial charge in [-0.2, -0.15) is 0 Å². The molecule has 0 radical (unpaired) electrons. The Hall–Kier alpha value is -3.51. The number of fused-ring (bicyclic) bond motifs is 1. The SMILES string of the molecule is O=C(Nc1ccccc1)[C@@H]1CCCN(Cc2nc3ccccc3n2-c2ccc(F)cc2)C1. The van der Waals surface area contributed by atoms with Gasteiger partial charge >= 0.3 is 0 Å². The zero-order valence-electron chi connectivity index (χ0n) is 17.7. The first-order chi connectivity index (χ1) is 15.7. The molecule has 1 N–H and O–H groups in total. The molecule has 1 aliphatic heterocycles. The van der Waals surface area contributed by atoms with Gasteiger partial charge in [0.15, 0.2) is 0 Å². The number of hydrogen-bond acceptors (Lipinski definition) is 3. The number of hydrogen-bond donors (Lipinski definition) is 1. The van der Waals surface area contributed by atoms with Crippen LogP contribution in [0.15, 0.2) is 78.9 Å². The number of carbonyl (C=O) groups excluding carboxylic acids is 1. The summed E-state index contributed by atoms with van der Waals surface area (Å²) >= 11 is 0. The summed E-state index contributed by atoms with van der Waals surface area (Å²) in [7, 11) is 0. The first-order valence-corrected chi connectivity index (χ1v) is 11.0. The van der Waals surface area contributed by atoms with E-state index in [0.29, 0.717) is 13.1 Å². The molecule has 1 aliphatic rings. The van der Waals surface area contributed by atoms with Crippen molar-refractivity contribution in [2.45, 2.75) is 19.4 Å². The molecule has 0 bridgehead atoms. The Morgan fingerprint density at radius 3 is 2.56 bits per heavy atom. The van der Waals surface area contributed by atoms with Gasteiger partial charge in [0.05, 0.1) is 23.5 Å². The van der Waals surface area contributed by atoms with Gasteiger partial charge in [0.1, 0.15) is 11.6 Å². The van der Waals surface area contributed by atoms with Crippen LogP contribution in [0, 0.1) is 11.7 Å². The topological polar surface area (TPSA) is 50.2 Å². The van der Waals surface area contributed by atoms with Crippen molar-refractivity contribution in [2.24, 2.45) is 5.92 Å². The van der Waals surface area contributed by atoms with Gasteiger partial charge < -0.3 is 5.32 Å². The summed E-state index contributed by atoms with van der Waals surface area (Å²) in [5, 5.41) is 3.04. The van der Waals surface area contributed by atoms with Crippen molar-refractivity contribution in [1.82, 2.24) is 14.5 Å². The zero-order chi connectivity index (χ0) is 21.9. The molecule has 32 heavy (non-hydrogen) atoms. The molecule has 6 heteroatoms. The Bertz CT molecular complexity index is 1220. The number of amides is 1. The fourth-order valence-corrected chi connectivity index (χ4v) is 4.44. The molecular weight excluding hydrogens is 403 g/mol. The van der Waals surface area contributed by atoms with Gasteiger partial charge in [0.2, 0.25) is 5.91 Å². The summed E-state index contributed by atoms with van der Waals surface area (Å²) < 4.78 is 15.6.